The number of alkyl halides is 2. The maximum Gasteiger partial charge on any atom is 0.255 e. The Morgan fingerprint density at radius 3 is 2.50 bits per heavy atom. The molecule has 0 unspecified atom stereocenters. The quantitative estimate of drug-likeness (QED) is 0.689. The van der Waals surface area contributed by atoms with Gasteiger partial charge in [0.15, 0.2) is 0 Å². The molecular weight excluding hydrogens is 402 g/mol. The Morgan fingerprint density at radius 2 is 1.92 bits per heavy atom. The van der Waals surface area contributed by atoms with Gasteiger partial charge in [-0.25, -0.2) is 8.78 Å². The lowest BCUT2D eigenvalue weighted by Crippen LogP contribution is -2.42. The van der Waals surface area contributed by atoms with Crippen LogP contribution in [0.2, 0.25) is 5.02 Å². The second kappa shape index (κ2) is 6.76. The summed E-state index contributed by atoms with van der Waals surface area (Å²) in [6.07, 6.45) is 0.893. The molecule has 0 saturated carbocycles. The van der Waals surface area contributed by atoms with Crippen molar-refractivity contribution in [2.75, 3.05) is 13.1 Å². The summed E-state index contributed by atoms with van der Waals surface area (Å²) in [6.45, 7) is 0.131. The maximum atomic E-state index is 13.2. The number of carbonyl (C=O) groups excluding carboxylic acids is 1. The highest BCUT2D eigenvalue weighted by molar-refractivity contribution is 9.10. The third-order valence-electron chi connectivity index (χ3n) is 4.01. The van der Waals surface area contributed by atoms with Crippen LogP contribution in [-0.2, 0) is 0 Å². The van der Waals surface area contributed by atoms with Crippen molar-refractivity contribution >= 4 is 33.4 Å². The van der Waals surface area contributed by atoms with Gasteiger partial charge in [0.25, 0.3) is 11.8 Å². The van der Waals surface area contributed by atoms with Gasteiger partial charge >= 0.3 is 0 Å². The van der Waals surface area contributed by atoms with E-state index in [0.29, 0.717) is 16.3 Å². The van der Waals surface area contributed by atoms with Crippen LogP contribution in [0.15, 0.2) is 41.0 Å². The number of aromatic nitrogens is 1. The second-order valence-electron chi connectivity index (χ2n) is 5.71. The summed E-state index contributed by atoms with van der Waals surface area (Å²) >= 11 is 9.40. The molecule has 1 fully saturated rings. The number of likely N-dealkylation sites (tertiary alicyclic amines) is 1. The van der Waals surface area contributed by atoms with Crippen molar-refractivity contribution in [3.63, 3.8) is 0 Å². The summed E-state index contributed by atoms with van der Waals surface area (Å²) in [6, 6.07) is 8.86. The number of halogens is 4. The Bertz CT molecular complexity index is 758. The summed E-state index contributed by atoms with van der Waals surface area (Å²) in [4.78, 5) is 18.1. The van der Waals surface area contributed by atoms with E-state index in [1.807, 2.05) is 12.1 Å². The first-order valence-electron chi connectivity index (χ1n) is 7.44. The van der Waals surface area contributed by atoms with Gasteiger partial charge in [-0.05, 0) is 40.2 Å². The smallest absolute Gasteiger partial charge is 0.255 e. The number of rotatable bonds is 2. The predicted octanol–water partition coefficient (Wildman–Crippen LogP) is 5.04. The second-order valence-corrected chi connectivity index (χ2v) is 6.97. The van der Waals surface area contributed by atoms with Crippen molar-refractivity contribution in [2.24, 2.45) is 0 Å². The molecule has 1 aromatic carbocycles. The van der Waals surface area contributed by atoms with E-state index in [1.165, 1.54) is 11.1 Å². The first-order chi connectivity index (χ1) is 11.4. The molecule has 1 aromatic heterocycles. The number of carbonyl (C=O) groups is 1. The van der Waals surface area contributed by atoms with Crippen LogP contribution in [0.1, 0.15) is 23.2 Å². The van der Waals surface area contributed by atoms with E-state index in [4.69, 9.17) is 11.6 Å². The first-order valence-corrected chi connectivity index (χ1v) is 8.61. The van der Waals surface area contributed by atoms with Crippen LogP contribution in [0.3, 0.4) is 0 Å². The van der Waals surface area contributed by atoms with Gasteiger partial charge in [0.2, 0.25) is 0 Å². The van der Waals surface area contributed by atoms with E-state index in [2.05, 4.69) is 20.9 Å². The predicted molar refractivity (Wildman–Crippen MR) is 92.5 cm³/mol. The van der Waals surface area contributed by atoms with Gasteiger partial charge in [0.1, 0.15) is 0 Å². The van der Waals surface area contributed by atoms with Gasteiger partial charge in [0.05, 0.1) is 16.3 Å². The molecule has 1 aliphatic rings. The molecular formula is C17H14BrClF2N2O. The van der Waals surface area contributed by atoms with Crippen LogP contribution >= 0.6 is 27.5 Å². The van der Waals surface area contributed by atoms with Crippen molar-refractivity contribution in [3.05, 3.63) is 51.6 Å². The van der Waals surface area contributed by atoms with E-state index in [9.17, 15) is 13.6 Å². The van der Waals surface area contributed by atoms with E-state index >= 15 is 0 Å². The highest BCUT2D eigenvalue weighted by Gasteiger charge is 2.35. The fourth-order valence-corrected chi connectivity index (χ4v) is 2.99. The normalized spacial score (nSPS) is 16.9. The Hall–Kier alpha value is -1.53. The standard InChI is InChI=1S/C17H14BrClF2N2O/c18-13-3-1-11(9-14(13)19)15-4-2-12(10-22-15)16(24)23-7-5-17(20,21)6-8-23/h1-4,9-10H,5-8H2. The molecule has 1 saturated heterocycles. The van der Waals surface area contributed by atoms with Gasteiger partial charge in [0, 0.05) is 42.2 Å². The van der Waals surface area contributed by atoms with Gasteiger partial charge in [-0.3, -0.25) is 9.78 Å². The van der Waals surface area contributed by atoms with Crippen molar-refractivity contribution < 1.29 is 13.6 Å². The number of pyridine rings is 1. The largest absolute Gasteiger partial charge is 0.338 e. The van der Waals surface area contributed by atoms with E-state index in [-0.39, 0.29) is 31.8 Å². The SMILES string of the molecule is O=C(c1ccc(-c2ccc(Br)c(Cl)c2)nc1)N1CCC(F)(F)CC1. The zero-order valence-corrected chi connectivity index (χ0v) is 14.9. The maximum absolute atomic E-state index is 13.2. The number of amides is 1. The van der Waals surface area contributed by atoms with Crippen LogP contribution in [0.4, 0.5) is 8.78 Å². The summed E-state index contributed by atoms with van der Waals surface area (Å²) in [7, 11) is 0. The third-order valence-corrected chi connectivity index (χ3v) is 5.24. The number of piperidine rings is 1. The highest BCUT2D eigenvalue weighted by atomic mass is 79.9. The summed E-state index contributed by atoms with van der Waals surface area (Å²) in [5.41, 5.74) is 1.91. The van der Waals surface area contributed by atoms with Crippen molar-refractivity contribution in [2.45, 2.75) is 18.8 Å². The zero-order chi connectivity index (χ0) is 17.3. The lowest BCUT2D eigenvalue weighted by Gasteiger charge is -2.31. The van der Waals surface area contributed by atoms with E-state index in [1.54, 1.807) is 18.2 Å². The number of nitrogens with zero attached hydrogens (tertiary/aromatic N) is 2. The lowest BCUT2D eigenvalue weighted by atomic mass is 10.1. The molecule has 3 rings (SSSR count). The minimum absolute atomic E-state index is 0.0654. The Kier molecular flexibility index (Phi) is 4.88. The van der Waals surface area contributed by atoms with Crippen LogP contribution in [-0.4, -0.2) is 34.8 Å². The number of benzene rings is 1. The monoisotopic (exact) mass is 414 g/mol. The molecule has 0 radical (unpaired) electrons. The molecule has 24 heavy (non-hydrogen) atoms. The molecule has 2 heterocycles. The van der Waals surface area contributed by atoms with Crippen LogP contribution in [0.25, 0.3) is 11.3 Å². The number of hydrogen-bond acceptors (Lipinski definition) is 2. The topological polar surface area (TPSA) is 33.2 Å². The van der Waals surface area contributed by atoms with Gasteiger partial charge in [-0.15, -0.1) is 0 Å². The molecule has 1 amide bonds. The van der Waals surface area contributed by atoms with Crippen LogP contribution in [0.5, 0.6) is 0 Å². The summed E-state index contributed by atoms with van der Waals surface area (Å²) in [5.74, 6) is -2.93. The Balaban J connectivity index is 1.74. The fourth-order valence-electron chi connectivity index (χ4n) is 2.57. The number of hydrogen-bond donors (Lipinski definition) is 0. The van der Waals surface area contributed by atoms with E-state index in [0.717, 1.165) is 10.0 Å². The van der Waals surface area contributed by atoms with Crippen molar-refractivity contribution in [3.8, 4) is 11.3 Å². The zero-order valence-electron chi connectivity index (χ0n) is 12.6. The fraction of sp³-hybridized carbons (Fsp3) is 0.294. The third kappa shape index (κ3) is 3.75. The van der Waals surface area contributed by atoms with Crippen molar-refractivity contribution in [1.29, 1.82) is 0 Å². The Morgan fingerprint density at radius 1 is 1.21 bits per heavy atom. The van der Waals surface area contributed by atoms with Gasteiger partial charge in [-0.2, -0.15) is 0 Å². The first kappa shape index (κ1) is 17.3. The minimum atomic E-state index is -2.67. The molecule has 1 aliphatic heterocycles. The van der Waals surface area contributed by atoms with Crippen LogP contribution < -0.4 is 0 Å². The minimum Gasteiger partial charge on any atom is -0.338 e. The molecule has 126 valence electrons. The molecule has 7 heteroatoms. The average molecular weight is 416 g/mol. The van der Waals surface area contributed by atoms with Gasteiger partial charge in [-0.1, -0.05) is 17.7 Å². The lowest BCUT2D eigenvalue weighted by molar-refractivity contribution is -0.0494. The molecule has 0 bridgehead atoms. The molecule has 0 atom stereocenters. The molecule has 0 aliphatic carbocycles. The molecule has 2 aromatic rings. The van der Waals surface area contributed by atoms with Crippen LogP contribution in [0, 0.1) is 0 Å². The van der Waals surface area contributed by atoms with E-state index < -0.39 is 5.92 Å². The Labute approximate surface area is 151 Å². The summed E-state index contributed by atoms with van der Waals surface area (Å²) in [5, 5.41) is 0.573. The highest BCUT2D eigenvalue weighted by Crippen LogP contribution is 2.29. The molecule has 0 N–H and O–H groups in total. The summed E-state index contributed by atoms with van der Waals surface area (Å²) < 4.78 is 27.2. The average Bonchev–Trinajstić information content (AvgIpc) is 2.57. The van der Waals surface area contributed by atoms with Crippen molar-refractivity contribution in [1.82, 2.24) is 9.88 Å². The molecule has 3 nitrogen and oxygen atoms in total. The molecule has 0 spiro atoms. The van der Waals surface area contributed by atoms with Gasteiger partial charge < -0.3 is 4.90 Å².